The van der Waals surface area contributed by atoms with Gasteiger partial charge in [0.1, 0.15) is 0 Å². The van der Waals surface area contributed by atoms with Crippen molar-refractivity contribution < 1.29 is 0 Å². The van der Waals surface area contributed by atoms with Gasteiger partial charge in [0.15, 0.2) is 0 Å². The van der Waals surface area contributed by atoms with Crippen molar-refractivity contribution in [3.63, 3.8) is 0 Å². The van der Waals surface area contributed by atoms with E-state index in [0.717, 1.165) is 22.6 Å². The smallest absolute Gasteiger partial charge is 0.00802 e. The summed E-state index contributed by atoms with van der Waals surface area (Å²) in [5, 5.41) is 6.06. The lowest BCUT2D eigenvalue weighted by molar-refractivity contribution is 0.332. The summed E-state index contributed by atoms with van der Waals surface area (Å²) in [5.74, 6) is 0. The molecule has 1 N–H and O–H groups in total. The van der Waals surface area contributed by atoms with Crippen molar-refractivity contribution in [2.24, 2.45) is 0 Å². The lowest BCUT2D eigenvalue weighted by Gasteiger charge is -2.36. The zero-order chi connectivity index (χ0) is 16.5. The maximum atomic E-state index is 4.18. The maximum absolute atomic E-state index is 4.18. The van der Waals surface area contributed by atoms with Gasteiger partial charge in [0.25, 0.3) is 0 Å². The molecule has 0 aromatic carbocycles. The van der Waals surface area contributed by atoms with Crippen LogP contribution in [0.15, 0.2) is 0 Å². The molecule has 140 valence electrons. The van der Waals surface area contributed by atoms with E-state index in [9.17, 15) is 0 Å². The monoisotopic (exact) mass is 351 g/mol. The fourth-order valence-electron chi connectivity index (χ4n) is 5.20. The van der Waals surface area contributed by atoms with Crippen LogP contribution in [0.3, 0.4) is 0 Å². The molecule has 0 radical (unpaired) electrons. The first-order valence-electron chi connectivity index (χ1n) is 11.3. The van der Waals surface area contributed by atoms with Gasteiger partial charge in [0.2, 0.25) is 0 Å². The van der Waals surface area contributed by atoms with Gasteiger partial charge in [-0.25, -0.2) is 0 Å². The number of hydrogen-bond donors (Lipinski definition) is 1. The molecule has 4 unspecified atom stereocenters. The zero-order valence-corrected chi connectivity index (χ0v) is 16.8. The van der Waals surface area contributed by atoms with E-state index in [0.29, 0.717) is 0 Å². The Kier molecular flexibility index (Phi) is 8.84. The fraction of sp³-hybridized carbons (Fsp3) is 1.00. The Hall–Kier alpha value is 0.310. The van der Waals surface area contributed by atoms with E-state index in [1.54, 1.807) is 0 Å². The van der Waals surface area contributed by atoms with Crippen molar-refractivity contribution in [2.45, 2.75) is 138 Å². The van der Waals surface area contributed by atoms with Gasteiger partial charge in [0.05, 0.1) is 0 Å². The molecule has 3 aliphatic rings. The van der Waals surface area contributed by atoms with Crippen molar-refractivity contribution in [3.05, 3.63) is 0 Å². The molecule has 0 aromatic rings. The molecule has 1 saturated heterocycles. The minimum Gasteiger partial charge on any atom is -0.311 e. The second kappa shape index (κ2) is 11.1. The van der Waals surface area contributed by atoms with Crippen LogP contribution in [0.2, 0.25) is 0 Å². The van der Waals surface area contributed by atoms with Gasteiger partial charge < -0.3 is 5.32 Å². The first-order chi connectivity index (χ1) is 11.9. The predicted octanol–water partition coefficient (Wildman–Crippen LogP) is 6.85. The second-order valence-electron chi connectivity index (χ2n) is 8.81. The standard InChI is InChI=1S/C22H41NS/c1-3-7-11-15-21-17-19(13-9-5-1)23-20-14-10-6-2-4-8-12-16-22(18-20)24-21/h19-23H,1-18H2. The summed E-state index contributed by atoms with van der Waals surface area (Å²) >= 11 is 2.43. The van der Waals surface area contributed by atoms with Gasteiger partial charge in [-0.3, -0.25) is 0 Å². The van der Waals surface area contributed by atoms with Crippen molar-refractivity contribution >= 4 is 11.8 Å². The zero-order valence-electron chi connectivity index (χ0n) is 15.9. The van der Waals surface area contributed by atoms with E-state index in [4.69, 9.17) is 0 Å². The Labute approximate surface area is 155 Å². The third kappa shape index (κ3) is 6.90. The number of nitrogens with one attached hydrogen (secondary N) is 1. The number of rotatable bonds is 0. The Balaban J connectivity index is 1.65. The molecule has 2 saturated carbocycles. The van der Waals surface area contributed by atoms with Gasteiger partial charge in [-0.15, -0.1) is 0 Å². The van der Waals surface area contributed by atoms with E-state index < -0.39 is 0 Å². The van der Waals surface area contributed by atoms with Crippen molar-refractivity contribution in [1.29, 1.82) is 0 Å². The molecule has 3 rings (SSSR count). The third-order valence-corrected chi connectivity index (χ3v) is 8.23. The van der Waals surface area contributed by atoms with Gasteiger partial charge in [-0.05, 0) is 38.5 Å². The average Bonchev–Trinajstić information content (AvgIpc) is 2.64. The molecular formula is C22H41NS. The number of fused-ring (bicyclic) bond motifs is 4. The highest BCUT2D eigenvalue weighted by Crippen LogP contribution is 2.36. The molecule has 1 aliphatic heterocycles. The highest BCUT2D eigenvalue weighted by Gasteiger charge is 2.28. The largest absolute Gasteiger partial charge is 0.311 e. The lowest BCUT2D eigenvalue weighted by atomic mass is 9.96. The molecule has 0 aromatic heterocycles. The molecule has 24 heavy (non-hydrogen) atoms. The summed E-state index contributed by atoms with van der Waals surface area (Å²) in [6.45, 7) is 0. The molecule has 2 aliphatic carbocycles. The van der Waals surface area contributed by atoms with E-state index in [1.165, 1.54) is 116 Å². The van der Waals surface area contributed by atoms with Crippen molar-refractivity contribution in [3.8, 4) is 0 Å². The fourth-order valence-corrected chi connectivity index (χ4v) is 7.04. The van der Waals surface area contributed by atoms with Crippen LogP contribution in [-0.4, -0.2) is 22.6 Å². The summed E-state index contributed by atoms with van der Waals surface area (Å²) < 4.78 is 0. The van der Waals surface area contributed by atoms with Crippen LogP contribution in [0.4, 0.5) is 0 Å². The topological polar surface area (TPSA) is 12.0 Å². The van der Waals surface area contributed by atoms with Crippen LogP contribution in [0.1, 0.15) is 116 Å². The van der Waals surface area contributed by atoms with Gasteiger partial charge in [-0.2, -0.15) is 11.8 Å². The lowest BCUT2D eigenvalue weighted by Crippen LogP contribution is -2.43. The molecular weight excluding hydrogens is 310 g/mol. The maximum Gasteiger partial charge on any atom is 0.00802 e. The highest BCUT2D eigenvalue weighted by molar-refractivity contribution is 8.00. The van der Waals surface area contributed by atoms with E-state index in [-0.39, 0.29) is 0 Å². The molecule has 1 heterocycles. The molecule has 3 fully saturated rings. The number of thioether (sulfide) groups is 1. The quantitative estimate of drug-likeness (QED) is 0.512. The minimum absolute atomic E-state index is 0.816. The Bertz CT molecular complexity index is 272. The third-order valence-electron chi connectivity index (χ3n) is 6.61. The molecule has 2 heteroatoms. The molecule has 4 atom stereocenters. The van der Waals surface area contributed by atoms with Crippen LogP contribution in [0.25, 0.3) is 0 Å². The Morgan fingerprint density at radius 1 is 0.458 bits per heavy atom. The summed E-state index contributed by atoms with van der Waals surface area (Å²) in [6.07, 6.45) is 26.5. The van der Waals surface area contributed by atoms with E-state index >= 15 is 0 Å². The highest BCUT2D eigenvalue weighted by atomic mass is 32.2. The van der Waals surface area contributed by atoms with Crippen LogP contribution in [-0.2, 0) is 0 Å². The first kappa shape index (κ1) is 19.1. The molecule has 1 nitrogen and oxygen atoms in total. The second-order valence-corrected chi connectivity index (χ2v) is 10.4. The molecule has 0 amide bonds. The van der Waals surface area contributed by atoms with Gasteiger partial charge >= 0.3 is 0 Å². The molecule has 4 bridgehead atoms. The number of hydrogen-bond acceptors (Lipinski definition) is 2. The first-order valence-corrected chi connectivity index (χ1v) is 12.3. The predicted molar refractivity (Wildman–Crippen MR) is 109 cm³/mol. The van der Waals surface area contributed by atoms with Gasteiger partial charge in [0, 0.05) is 22.6 Å². The summed E-state index contributed by atoms with van der Waals surface area (Å²) in [4.78, 5) is 0. The van der Waals surface area contributed by atoms with E-state index in [2.05, 4.69) is 17.1 Å². The normalized spacial score (nSPS) is 38.0. The van der Waals surface area contributed by atoms with E-state index in [1.807, 2.05) is 0 Å². The SMILES string of the molecule is C1CCCCC2CC(CCC1)NC1CCCCCCCCC(C1)S2. The van der Waals surface area contributed by atoms with Crippen LogP contribution in [0, 0.1) is 0 Å². The summed E-state index contributed by atoms with van der Waals surface area (Å²) in [7, 11) is 0. The summed E-state index contributed by atoms with van der Waals surface area (Å²) in [6, 6.07) is 1.63. The summed E-state index contributed by atoms with van der Waals surface area (Å²) in [5.41, 5.74) is 0. The van der Waals surface area contributed by atoms with Crippen LogP contribution in [0.5, 0.6) is 0 Å². The van der Waals surface area contributed by atoms with Crippen molar-refractivity contribution in [2.75, 3.05) is 0 Å². The van der Waals surface area contributed by atoms with Gasteiger partial charge in [-0.1, -0.05) is 77.0 Å². The van der Waals surface area contributed by atoms with Crippen molar-refractivity contribution in [1.82, 2.24) is 5.32 Å². The van der Waals surface area contributed by atoms with Crippen LogP contribution < -0.4 is 5.32 Å². The van der Waals surface area contributed by atoms with Crippen LogP contribution >= 0.6 is 11.8 Å². The average molecular weight is 352 g/mol. The molecule has 0 spiro atoms. The Morgan fingerprint density at radius 2 is 0.833 bits per heavy atom. The minimum atomic E-state index is 0.816. The Morgan fingerprint density at radius 3 is 1.29 bits per heavy atom.